The molecule has 0 aromatic carbocycles. The molecule has 1 atom stereocenters. The van der Waals surface area contributed by atoms with Crippen molar-refractivity contribution in [2.24, 2.45) is 11.8 Å². The molecule has 0 aromatic heterocycles. The second-order valence-electron chi connectivity index (χ2n) is 4.51. The van der Waals surface area contributed by atoms with E-state index in [1.807, 2.05) is 4.90 Å². The van der Waals surface area contributed by atoms with E-state index in [2.05, 4.69) is 0 Å². The van der Waals surface area contributed by atoms with Gasteiger partial charge in [-0.15, -0.1) is 0 Å². The van der Waals surface area contributed by atoms with Gasteiger partial charge in [0.25, 0.3) is 0 Å². The molecule has 1 saturated carbocycles. The maximum absolute atomic E-state index is 11.7. The monoisotopic (exact) mass is 213 g/mol. The maximum atomic E-state index is 11.7. The Labute approximate surface area is 90.2 Å². The van der Waals surface area contributed by atoms with Gasteiger partial charge in [0.2, 0.25) is 5.91 Å². The summed E-state index contributed by atoms with van der Waals surface area (Å²) in [6.07, 6.45) is 3.21. The zero-order valence-corrected chi connectivity index (χ0v) is 9.02. The Bertz CT molecular complexity index is 228. The van der Waals surface area contributed by atoms with Crippen molar-refractivity contribution in [3.05, 3.63) is 0 Å². The van der Waals surface area contributed by atoms with Crippen LogP contribution in [0.5, 0.6) is 0 Å². The molecule has 2 aliphatic rings. The standard InChI is InChI=1S/C11H19NO3/c13-5-6-15-8-9-3-4-12(7-9)11(14)10-1-2-10/h9-10,13H,1-8H2. The van der Waals surface area contributed by atoms with Gasteiger partial charge in [0.15, 0.2) is 0 Å². The summed E-state index contributed by atoms with van der Waals surface area (Å²) in [6, 6.07) is 0. The highest BCUT2D eigenvalue weighted by Gasteiger charge is 2.36. The van der Waals surface area contributed by atoms with Gasteiger partial charge in [0.1, 0.15) is 0 Å². The van der Waals surface area contributed by atoms with Gasteiger partial charge in [-0.1, -0.05) is 0 Å². The van der Waals surface area contributed by atoms with Crippen LogP contribution >= 0.6 is 0 Å². The molecule has 0 bridgehead atoms. The number of likely N-dealkylation sites (tertiary alicyclic amines) is 1. The van der Waals surface area contributed by atoms with Crippen LogP contribution in [0.1, 0.15) is 19.3 Å². The predicted molar refractivity (Wildman–Crippen MR) is 55.3 cm³/mol. The van der Waals surface area contributed by atoms with E-state index in [0.717, 1.165) is 32.4 Å². The Balaban J connectivity index is 1.67. The highest BCUT2D eigenvalue weighted by molar-refractivity contribution is 5.81. The average Bonchev–Trinajstić information content (AvgIpc) is 2.98. The first-order valence-electron chi connectivity index (χ1n) is 5.78. The molecule has 1 amide bonds. The molecule has 15 heavy (non-hydrogen) atoms. The van der Waals surface area contributed by atoms with Gasteiger partial charge in [-0.05, 0) is 19.3 Å². The van der Waals surface area contributed by atoms with Crippen LogP contribution in [0.15, 0.2) is 0 Å². The number of amides is 1. The summed E-state index contributed by atoms with van der Waals surface area (Å²) >= 11 is 0. The Morgan fingerprint density at radius 1 is 1.40 bits per heavy atom. The molecule has 1 N–H and O–H groups in total. The SMILES string of the molecule is O=C(C1CC1)N1CCC(COCCO)C1. The van der Waals surface area contributed by atoms with Gasteiger partial charge < -0.3 is 14.7 Å². The minimum atomic E-state index is 0.0808. The smallest absolute Gasteiger partial charge is 0.225 e. The van der Waals surface area contributed by atoms with Crippen LogP contribution in [0.2, 0.25) is 0 Å². The van der Waals surface area contributed by atoms with Crippen LogP contribution in [0.3, 0.4) is 0 Å². The molecule has 0 radical (unpaired) electrons. The van der Waals surface area contributed by atoms with E-state index in [-0.39, 0.29) is 6.61 Å². The highest BCUT2D eigenvalue weighted by Crippen LogP contribution is 2.32. The molecule has 1 unspecified atom stereocenters. The summed E-state index contributed by atoms with van der Waals surface area (Å²) in [5.41, 5.74) is 0. The van der Waals surface area contributed by atoms with Crippen molar-refractivity contribution in [3.8, 4) is 0 Å². The molecule has 1 heterocycles. The Hall–Kier alpha value is -0.610. The van der Waals surface area contributed by atoms with E-state index in [1.165, 1.54) is 0 Å². The van der Waals surface area contributed by atoms with Gasteiger partial charge in [-0.25, -0.2) is 0 Å². The van der Waals surface area contributed by atoms with Crippen LogP contribution in [0.4, 0.5) is 0 Å². The van der Waals surface area contributed by atoms with Gasteiger partial charge >= 0.3 is 0 Å². The average molecular weight is 213 g/mol. The Morgan fingerprint density at radius 2 is 2.20 bits per heavy atom. The summed E-state index contributed by atoms with van der Waals surface area (Å²) in [4.78, 5) is 13.7. The lowest BCUT2D eigenvalue weighted by atomic mass is 10.1. The first-order valence-corrected chi connectivity index (χ1v) is 5.78. The normalized spacial score (nSPS) is 25.9. The number of ether oxygens (including phenoxy) is 1. The minimum Gasteiger partial charge on any atom is -0.394 e. The van der Waals surface area contributed by atoms with Crippen molar-refractivity contribution >= 4 is 5.91 Å². The minimum absolute atomic E-state index is 0.0808. The summed E-state index contributed by atoms with van der Waals surface area (Å²) < 4.78 is 5.28. The quantitative estimate of drug-likeness (QED) is 0.666. The summed E-state index contributed by atoms with van der Waals surface area (Å²) in [5, 5.41) is 8.57. The lowest BCUT2D eigenvalue weighted by Crippen LogP contribution is -2.30. The molecular weight excluding hydrogens is 194 g/mol. The molecule has 2 rings (SSSR count). The Morgan fingerprint density at radius 3 is 2.87 bits per heavy atom. The van der Waals surface area contributed by atoms with E-state index >= 15 is 0 Å². The molecule has 2 fully saturated rings. The van der Waals surface area contributed by atoms with Crippen LogP contribution in [0, 0.1) is 11.8 Å². The fourth-order valence-electron chi connectivity index (χ4n) is 2.07. The molecule has 4 heteroatoms. The lowest BCUT2D eigenvalue weighted by molar-refractivity contribution is -0.131. The van der Waals surface area contributed by atoms with Gasteiger partial charge in [0, 0.05) is 24.9 Å². The van der Waals surface area contributed by atoms with E-state index in [9.17, 15) is 4.79 Å². The van der Waals surface area contributed by atoms with Crippen LogP contribution in [-0.2, 0) is 9.53 Å². The third kappa shape index (κ3) is 2.92. The molecule has 1 aliphatic heterocycles. The fourth-order valence-corrected chi connectivity index (χ4v) is 2.07. The first kappa shape index (κ1) is 10.9. The van der Waals surface area contributed by atoms with E-state index in [4.69, 9.17) is 9.84 Å². The number of hydrogen-bond acceptors (Lipinski definition) is 3. The number of nitrogens with zero attached hydrogens (tertiary/aromatic N) is 1. The van der Waals surface area contributed by atoms with E-state index < -0.39 is 0 Å². The van der Waals surface area contributed by atoms with Crippen molar-refractivity contribution in [2.75, 3.05) is 32.9 Å². The van der Waals surface area contributed by atoms with Crippen LogP contribution in [0.25, 0.3) is 0 Å². The lowest BCUT2D eigenvalue weighted by Gasteiger charge is -2.16. The van der Waals surface area contributed by atoms with Crippen molar-refractivity contribution in [1.29, 1.82) is 0 Å². The topological polar surface area (TPSA) is 49.8 Å². The Kier molecular flexibility index (Phi) is 3.59. The largest absolute Gasteiger partial charge is 0.394 e. The third-order valence-electron chi connectivity index (χ3n) is 3.11. The maximum Gasteiger partial charge on any atom is 0.225 e. The van der Waals surface area contributed by atoms with Crippen molar-refractivity contribution in [3.63, 3.8) is 0 Å². The van der Waals surface area contributed by atoms with Crippen molar-refractivity contribution in [2.45, 2.75) is 19.3 Å². The summed E-state index contributed by atoms with van der Waals surface area (Å²) in [7, 11) is 0. The molecule has 1 saturated heterocycles. The van der Waals surface area contributed by atoms with Gasteiger partial charge in [-0.2, -0.15) is 0 Å². The number of aliphatic hydroxyl groups excluding tert-OH is 1. The molecule has 0 spiro atoms. The number of aliphatic hydroxyl groups is 1. The van der Waals surface area contributed by atoms with E-state index in [0.29, 0.717) is 31.0 Å². The summed E-state index contributed by atoms with van der Waals surface area (Å²) in [5.74, 6) is 1.15. The zero-order valence-electron chi connectivity index (χ0n) is 9.02. The molecule has 1 aliphatic carbocycles. The molecule has 0 aromatic rings. The highest BCUT2D eigenvalue weighted by atomic mass is 16.5. The fraction of sp³-hybridized carbons (Fsp3) is 0.909. The molecule has 86 valence electrons. The van der Waals surface area contributed by atoms with Gasteiger partial charge in [0.05, 0.1) is 19.8 Å². The molecular formula is C11H19NO3. The first-order chi connectivity index (χ1) is 7.31. The third-order valence-corrected chi connectivity index (χ3v) is 3.11. The van der Waals surface area contributed by atoms with Crippen molar-refractivity contribution < 1.29 is 14.6 Å². The van der Waals surface area contributed by atoms with Crippen LogP contribution in [-0.4, -0.2) is 48.8 Å². The second kappa shape index (κ2) is 4.94. The zero-order chi connectivity index (χ0) is 10.7. The van der Waals surface area contributed by atoms with Crippen molar-refractivity contribution in [1.82, 2.24) is 4.90 Å². The van der Waals surface area contributed by atoms with E-state index in [1.54, 1.807) is 0 Å². The molecule has 4 nitrogen and oxygen atoms in total. The predicted octanol–water partition coefficient (Wildman–Crippen LogP) is 0.254. The number of carbonyl (C=O) groups excluding carboxylic acids is 1. The number of carbonyl (C=O) groups is 1. The number of hydrogen-bond donors (Lipinski definition) is 1. The van der Waals surface area contributed by atoms with Crippen LogP contribution < -0.4 is 0 Å². The second-order valence-corrected chi connectivity index (χ2v) is 4.51. The number of rotatable bonds is 5. The summed E-state index contributed by atoms with van der Waals surface area (Å²) in [6.45, 7) is 2.91. The van der Waals surface area contributed by atoms with Gasteiger partial charge in [-0.3, -0.25) is 4.79 Å².